The summed E-state index contributed by atoms with van der Waals surface area (Å²) in [5.74, 6) is -0.177. The molecule has 0 radical (unpaired) electrons. The number of ether oxygens (including phenoxy) is 2. The van der Waals surface area contributed by atoms with E-state index in [1.165, 1.54) is 11.3 Å². The number of benzene rings is 1. The Kier molecular flexibility index (Phi) is 5.59. The lowest BCUT2D eigenvalue weighted by Gasteiger charge is -2.16. The number of hydrogen-bond donors (Lipinski definition) is 1. The van der Waals surface area contributed by atoms with Crippen molar-refractivity contribution in [3.8, 4) is 11.3 Å². The zero-order chi connectivity index (χ0) is 19.6. The molecule has 7 nitrogen and oxygen atoms in total. The molecule has 1 N–H and O–H groups in total. The van der Waals surface area contributed by atoms with Crippen LogP contribution in [0.5, 0.6) is 0 Å². The first-order valence-corrected chi connectivity index (χ1v) is 9.47. The average molecular weight is 389 g/mol. The summed E-state index contributed by atoms with van der Waals surface area (Å²) in [5.41, 5.74) is 3.02. The fourth-order valence-electron chi connectivity index (χ4n) is 3.06. The van der Waals surface area contributed by atoms with Crippen LogP contribution in [0.1, 0.15) is 19.4 Å². The summed E-state index contributed by atoms with van der Waals surface area (Å²) >= 11 is 1.35. The fourth-order valence-corrected chi connectivity index (χ4v) is 3.79. The average Bonchev–Trinajstić information content (AvgIpc) is 3.17. The number of fused-ring (bicyclic) bond motifs is 1. The van der Waals surface area contributed by atoms with Gasteiger partial charge in [0.2, 0.25) is 5.91 Å². The number of methoxy groups -OCH3 is 1. The van der Waals surface area contributed by atoms with E-state index in [0.717, 1.165) is 22.5 Å². The van der Waals surface area contributed by atoms with Crippen molar-refractivity contribution in [2.75, 3.05) is 44.2 Å². The zero-order valence-electron chi connectivity index (χ0n) is 15.9. The minimum absolute atomic E-state index is 0.0419. The Bertz CT molecular complexity index is 862. The van der Waals surface area contributed by atoms with Gasteiger partial charge < -0.3 is 14.4 Å². The Morgan fingerprint density at radius 1 is 1.33 bits per heavy atom. The molecular weight excluding hydrogens is 366 g/mol. The van der Waals surface area contributed by atoms with Crippen LogP contribution in [0.3, 0.4) is 0 Å². The lowest BCUT2D eigenvalue weighted by Crippen LogP contribution is -2.33. The standard InChI is InChI=1S/C19H23N3O4S/c1-19(2)13-9-12(5-6-15(13)22(3)17(19)24)14-11-27-18(20-14)21-16(23)10-26-8-7-25-4/h5-6,9,11H,7-8,10H2,1-4H3,(H,20,21,23). The summed E-state index contributed by atoms with van der Waals surface area (Å²) in [4.78, 5) is 30.5. The highest BCUT2D eigenvalue weighted by molar-refractivity contribution is 7.14. The van der Waals surface area contributed by atoms with Gasteiger partial charge in [-0.25, -0.2) is 4.98 Å². The maximum atomic E-state index is 12.4. The number of amides is 2. The summed E-state index contributed by atoms with van der Waals surface area (Å²) in [5, 5.41) is 5.13. The third kappa shape index (κ3) is 3.87. The second kappa shape index (κ2) is 7.75. The largest absolute Gasteiger partial charge is 0.382 e. The molecule has 0 saturated heterocycles. The summed E-state index contributed by atoms with van der Waals surface area (Å²) in [6.07, 6.45) is 0. The van der Waals surface area contributed by atoms with Crippen LogP contribution < -0.4 is 10.2 Å². The predicted octanol–water partition coefficient (Wildman–Crippen LogP) is 2.67. The molecule has 2 aromatic rings. The Hall–Kier alpha value is -2.29. The Morgan fingerprint density at radius 3 is 2.85 bits per heavy atom. The van der Waals surface area contributed by atoms with Gasteiger partial charge in [0.15, 0.2) is 5.13 Å². The van der Waals surface area contributed by atoms with E-state index in [9.17, 15) is 9.59 Å². The number of nitrogens with one attached hydrogen (secondary N) is 1. The van der Waals surface area contributed by atoms with Gasteiger partial charge in [-0.15, -0.1) is 11.3 Å². The van der Waals surface area contributed by atoms with Crippen molar-refractivity contribution < 1.29 is 19.1 Å². The Morgan fingerprint density at radius 2 is 2.11 bits per heavy atom. The minimum atomic E-state index is -0.563. The van der Waals surface area contributed by atoms with Gasteiger partial charge in [0.1, 0.15) is 6.61 Å². The third-order valence-electron chi connectivity index (χ3n) is 4.58. The smallest absolute Gasteiger partial charge is 0.252 e. The molecule has 3 rings (SSSR count). The van der Waals surface area contributed by atoms with Crippen molar-refractivity contribution in [1.82, 2.24) is 4.98 Å². The molecule has 0 atom stereocenters. The summed E-state index contributed by atoms with van der Waals surface area (Å²) in [6.45, 7) is 4.63. The van der Waals surface area contributed by atoms with E-state index in [4.69, 9.17) is 9.47 Å². The van der Waals surface area contributed by atoms with Gasteiger partial charge in [-0.3, -0.25) is 14.9 Å². The van der Waals surface area contributed by atoms with Crippen LogP contribution in [0.4, 0.5) is 10.8 Å². The van der Waals surface area contributed by atoms with E-state index in [0.29, 0.717) is 18.3 Å². The quantitative estimate of drug-likeness (QED) is 0.737. The number of hydrogen-bond acceptors (Lipinski definition) is 6. The summed E-state index contributed by atoms with van der Waals surface area (Å²) in [6, 6.07) is 5.89. The monoisotopic (exact) mass is 389 g/mol. The maximum absolute atomic E-state index is 12.4. The van der Waals surface area contributed by atoms with Crippen LogP contribution in [-0.4, -0.2) is 50.8 Å². The third-order valence-corrected chi connectivity index (χ3v) is 5.34. The van der Waals surface area contributed by atoms with Gasteiger partial charge in [0, 0.05) is 30.8 Å². The van der Waals surface area contributed by atoms with Crippen LogP contribution in [-0.2, 0) is 24.5 Å². The normalized spacial score (nSPS) is 15.1. The van der Waals surface area contributed by atoms with Gasteiger partial charge >= 0.3 is 0 Å². The highest BCUT2D eigenvalue weighted by Crippen LogP contribution is 2.42. The molecular formula is C19H23N3O4S. The predicted molar refractivity (Wildman–Crippen MR) is 105 cm³/mol. The van der Waals surface area contributed by atoms with E-state index < -0.39 is 5.41 Å². The van der Waals surface area contributed by atoms with Crippen molar-refractivity contribution in [3.05, 3.63) is 29.1 Å². The highest BCUT2D eigenvalue weighted by atomic mass is 32.1. The lowest BCUT2D eigenvalue weighted by atomic mass is 9.85. The molecule has 1 aromatic carbocycles. The molecule has 1 aliphatic rings. The molecule has 1 aliphatic heterocycles. The SMILES string of the molecule is COCCOCC(=O)Nc1nc(-c2ccc3c(c2)C(C)(C)C(=O)N3C)cs1. The first-order chi connectivity index (χ1) is 12.8. The van der Waals surface area contributed by atoms with Gasteiger partial charge in [-0.2, -0.15) is 0 Å². The van der Waals surface area contributed by atoms with Crippen LogP contribution in [0.2, 0.25) is 0 Å². The molecule has 0 aliphatic carbocycles. The second-order valence-corrected chi connectivity index (χ2v) is 7.71. The Balaban J connectivity index is 1.72. The molecule has 0 unspecified atom stereocenters. The van der Waals surface area contributed by atoms with Gasteiger partial charge in [-0.05, 0) is 31.5 Å². The number of anilines is 2. The topological polar surface area (TPSA) is 80.8 Å². The van der Waals surface area contributed by atoms with Crippen LogP contribution in [0, 0.1) is 0 Å². The van der Waals surface area contributed by atoms with Crippen LogP contribution >= 0.6 is 11.3 Å². The van der Waals surface area contributed by atoms with Crippen molar-refractivity contribution in [3.63, 3.8) is 0 Å². The van der Waals surface area contributed by atoms with E-state index in [1.807, 2.05) is 37.4 Å². The van der Waals surface area contributed by atoms with Crippen molar-refractivity contribution in [2.45, 2.75) is 19.3 Å². The van der Waals surface area contributed by atoms with Crippen LogP contribution in [0.25, 0.3) is 11.3 Å². The van der Waals surface area contributed by atoms with Gasteiger partial charge in [-0.1, -0.05) is 6.07 Å². The minimum Gasteiger partial charge on any atom is -0.382 e. The fraction of sp³-hybridized carbons (Fsp3) is 0.421. The molecule has 0 fully saturated rings. The summed E-state index contributed by atoms with van der Waals surface area (Å²) in [7, 11) is 3.37. The number of carbonyl (C=O) groups is 2. The van der Waals surface area contributed by atoms with E-state index in [-0.39, 0.29) is 18.4 Å². The first-order valence-electron chi connectivity index (χ1n) is 8.59. The zero-order valence-corrected chi connectivity index (χ0v) is 16.7. The molecule has 144 valence electrons. The molecule has 1 aromatic heterocycles. The van der Waals surface area contributed by atoms with Gasteiger partial charge in [0.05, 0.1) is 24.3 Å². The molecule has 0 saturated carbocycles. The number of likely N-dealkylation sites (N-methyl/N-ethyl adjacent to an activating group) is 1. The van der Waals surface area contributed by atoms with E-state index >= 15 is 0 Å². The summed E-state index contributed by atoms with van der Waals surface area (Å²) < 4.78 is 10.1. The highest BCUT2D eigenvalue weighted by Gasteiger charge is 2.42. The molecule has 27 heavy (non-hydrogen) atoms. The van der Waals surface area contributed by atoms with Crippen molar-refractivity contribution in [2.24, 2.45) is 0 Å². The first kappa shape index (κ1) is 19.5. The molecule has 0 bridgehead atoms. The molecule has 2 amide bonds. The number of carbonyl (C=O) groups excluding carboxylic acids is 2. The maximum Gasteiger partial charge on any atom is 0.252 e. The molecule has 0 spiro atoms. The molecule has 8 heteroatoms. The van der Waals surface area contributed by atoms with Gasteiger partial charge in [0.25, 0.3) is 5.91 Å². The van der Waals surface area contributed by atoms with E-state index in [1.54, 1.807) is 19.1 Å². The van der Waals surface area contributed by atoms with Crippen LogP contribution in [0.15, 0.2) is 23.6 Å². The molecule has 2 heterocycles. The number of rotatable bonds is 7. The number of aromatic nitrogens is 1. The second-order valence-electron chi connectivity index (χ2n) is 6.85. The van der Waals surface area contributed by atoms with E-state index in [2.05, 4.69) is 10.3 Å². The lowest BCUT2D eigenvalue weighted by molar-refractivity contribution is -0.122. The number of thiazole rings is 1. The Labute approximate surface area is 162 Å². The number of nitrogens with zero attached hydrogens (tertiary/aromatic N) is 2. The van der Waals surface area contributed by atoms with Crippen molar-refractivity contribution in [1.29, 1.82) is 0 Å². The van der Waals surface area contributed by atoms with Crippen molar-refractivity contribution >= 4 is 34.0 Å².